The van der Waals surface area contributed by atoms with E-state index in [9.17, 15) is 4.79 Å². The number of benzene rings is 1. The summed E-state index contributed by atoms with van der Waals surface area (Å²) in [6, 6.07) is 8.39. The topological polar surface area (TPSA) is 38.3 Å². The van der Waals surface area contributed by atoms with Crippen molar-refractivity contribution < 1.29 is 9.53 Å². The van der Waals surface area contributed by atoms with Crippen molar-refractivity contribution in [2.24, 2.45) is 5.92 Å². The minimum absolute atomic E-state index is 0.0553. The van der Waals surface area contributed by atoms with Gasteiger partial charge in [-0.2, -0.15) is 0 Å². The Bertz CT molecular complexity index is 571. The van der Waals surface area contributed by atoms with E-state index in [0.29, 0.717) is 0 Å². The lowest BCUT2D eigenvalue weighted by atomic mass is 9.77. The number of amides is 1. The first-order valence-corrected chi connectivity index (χ1v) is 9.34. The summed E-state index contributed by atoms with van der Waals surface area (Å²) in [5.74, 6) is 1.47. The maximum Gasteiger partial charge on any atom is 0.223 e. The third-order valence-corrected chi connectivity index (χ3v) is 6.00. The highest BCUT2D eigenvalue weighted by Gasteiger charge is 2.42. The molecule has 0 bridgehead atoms. The van der Waals surface area contributed by atoms with Crippen LogP contribution in [-0.2, 0) is 4.79 Å². The Balaban J connectivity index is 1.57. The maximum atomic E-state index is 12.6. The average molecular weight is 313 g/mol. The molecule has 1 aliphatic heterocycles. The molecule has 1 spiro atoms. The number of rotatable bonds is 2. The van der Waals surface area contributed by atoms with Crippen molar-refractivity contribution in [3.05, 3.63) is 29.8 Å². The van der Waals surface area contributed by atoms with E-state index in [-0.39, 0.29) is 23.5 Å². The Hall–Kier alpha value is -1.51. The second kappa shape index (κ2) is 6.18. The van der Waals surface area contributed by atoms with Crippen LogP contribution in [0.2, 0.25) is 0 Å². The number of fused-ring (bicyclic) bond motifs is 1. The Morgan fingerprint density at radius 2 is 1.78 bits per heavy atom. The first-order chi connectivity index (χ1) is 11.3. The van der Waals surface area contributed by atoms with Crippen molar-refractivity contribution in [1.29, 1.82) is 0 Å². The van der Waals surface area contributed by atoms with Gasteiger partial charge in [0.05, 0.1) is 6.04 Å². The smallest absolute Gasteiger partial charge is 0.223 e. The highest BCUT2D eigenvalue weighted by atomic mass is 16.5. The number of carbonyl (C=O) groups is 1. The molecule has 0 radical (unpaired) electrons. The van der Waals surface area contributed by atoms with Crippen LogP contribution < -0.4 is 10.1 Å². The lowest BCUT2D eigenvalue weighted by molar-refractivity contribution is -0.126. The molecule has 124 valence electrons. The van der Waals surface area contributed by atoms with Crippen LogP contribution >= 0.6 is 0 Å². The molecule has 1 atom stereocenters. The molecular formula is C20H27NO2. The summed E-state index contributed by atoms with van der Waals surface area (Å²) < 4.78 is 6.45. The summed E-state index contributed by atoms with van der Waals surface area (Å²) in [6.07, 6.45) is 11.5. The molecule has 4 rings (SSSR count). The van der Waals surface area contributed by atoms with Crippen LogP contribution in [-0.4, -0.2) is 11.5 Å². The first kappa shape index (κ1) is 15.0. The van der Waals surface area contributed by atoms with Gasteiger partial charge in [-0.05, 0) is 44.6 Å². The lowest BCUT2D eigenvalue weighted by Crippen LogP contribution is -2.47. The minimum Gasteiger partial charge on any atom is -0.487 e. The van der Waals surface area contributed by atoms with Gasteiger partial charge in [-0.3, -0.25) is 4.79 Å². The fourth-order valence-electron chi connectivity index (χ4n) is 4.73. The fraction of sp³-hybridized carbons (Fsp3) is 0.650. The van der Waals surface area contributed by atoms with Crippen LogP contribution in [0.15, 0.2) is 24.3 Å². The zero-order valence-electron chi connectivity index (χ0n) is 13.9. The second-order valence-electron chi connectivity index (χ2n) is 7.63. The fourth-order valence-corrected chi connectivity index (χ4v) is 4.73. The third-order valence-electron chi connectivity index (χ3n) is 6.00. The van der Waals surface area contributed by atoms with Gasteiger partial charge in [0.2, 0.25) is 5.91 Å². The number of carbonyl (C=O) groups excluding carboxylic acids is 1. The summed E-state index contributed by atoms with van der Waals surface area (Å²) in [4.78, 5) is 12.6. The van der Waals surface area contributed by atoms with Gasteiger partial charge in [-0.15, -0.1) is 0 Å². The van der Waals surface area contributed by atoms with Crippen LogP contribution in [0.3, 0.4) is 0 Å². The summed E-state index contributed by atoms with van der Waals surface area (Å²) in [7, 11) is 0. The van der Waals surface area contributed by atoms with Gasteiger partial charge < -0.3 is 10.1 Å². The molecule has 3 heteroatoms. The van der Waals surface area contributed by atoms with E-state index in [4.69, 9.17) is 4.74 Å². The predicted octanol–water partition coefficient (Wildman–Crippen LogP) is 4.52. The lowest BCUT2D eigenvalue weighted by Gasteiger charge is -2.44. The Morgan fingerprint density at radius 3 is 2.57 bits per heavy atom. The summed E-state index contributed by atoms with van der Waals surface area (Å²) >= 11 is 0. The van der Waals surface area contributed by atoms with E-state index in [0.717, 1.165) is 43.4 Å². The predicted molar refractivity (Wildman–Crippen MR) is 90.3 cm³/mol. The van der Waals surface area contributed by atoms with Crippen molar-refractivity contribution in [1.82, 2.24) is 5.32 Å². The van der Waals surface area contributed by atoms with Crippen molar-refractivity contribution in [2.45, 2.75) is 75.9 Å². The molecule has 0 aromatic heterocycles. The van der Waals surface area contributed by atoms with Crippen LogP contribution in [0.25, 0.3) is 0 Å². The molecule has 1 unspecified atom stereocenters. The SMILES string of the molecule is O=C(NC1CC2(CCCCC2)Oc2ccccc21)C1CCCC1. The summed E-state index contributed by atoms with van der Waals surface area (Å²) in [6.45, 7) is 0. The molecule has 2 saturated carbocycles. The average Bonchev–Trinajstić information content (AvgIpc) is 3.10. The van der Waals surface area contributed by atoms with Crippen LogP contribution in [0.1, 0.15) is 75.8 Å². The van der Waals surface area contributed by atoms with Crippen LogP contribution in [0.5, 0.6) is 5.75 Å². The molecule has 3 nitrogen and oxygen atoms in total. The molecule has 3 aliphatic rings. The largest absolute Gasteiger partial charge is 0.487 e. The number of ether oxygens (including phenoxy) is 1. The van der Waals surface area contributed by atoms with E-state index < -0.39 is 0 Å². The number of para-hydroxylation sites is 1. The maximum absolute atomic E-state index is 12.6. The van der Waals surface area contributed by atoms with E-state index in [2.05, 4.69) is 23.5 Å². The summed E-state index contributed by atoms with van der Waals surface area (Å²) in [5.41, 5.74) is 1.11. The molecule has 1 heterocycles. The van der Waals surface area contributed by atoms with Crippen LogP contribution in [0, 0.1) is 5.92 Å². The quantitative estimate of drug-likeness (QED) is 0.872. The Morgan fingerprint density at radius 1 is 1.04 bits per heavy atom. The van der Waals surface area contributed by atoms with E-state index in [1.165, 1.54) is 32.1 Å². The monoisotopic (exact) mass is 313 g/mol. The van der Waals surface area contributed by atoms with E-state index >= 15 is 0 Å². The molecule has 0 saturated heterocycles. The molecule has 23 heavy (non-hydrogen) atoms. The van der Waals surface area contributed by atoms with Gasteiger partial charge in [-0.25, -0.2) is 0 Å². The molecule has 2 aliphatic carbocycles. The van der Waals surface area contributed by atoms with E-state index in [1.807, 2.05) is 6.07 Å². The standard InChI is InChI=1S/C20H27NO2/c22-19(15-8-2-3-9-15)21-17-14-20(12-6-1-7-13-20)23-18-11-5-4-10-16(17)18/h4-5,10-11,15,17H,1-3,6-9,12-14H2,(H,21,22). The van der Waals surface area contributed by atoms with Crippen molar-refractivity contribution in [2.75, 3.05) is 0 Å². The van der Waals surface area contributed by atoms with Gasteiger partial charge in [0, 0.05) is 17.9 Å². The van der Waals surface area contributed by atoms with Gasteiger partial charge in [0.15, 0.2) is 0 Å². The van der Waals surface area contributed by atoms with Gasteiger partial charge in [-0.1, -0.05) is 37.5 Å². The third kappa shape index (κ3) is 2.98. The minimum atomic E-state index is -0.0553. The van der Waals surface area contributed by atoms with E-state index in [1.54, 1.807) is 0 Å². The Labute approximate surface area is 138 Å². The normalized spacial score (nSPS) is 26.5. The number of nitrogens with one attached hydrogen (secondary N) is 1. The molecular weight excluding hydrogens is 286 g/mol. The van der Waals surface area contributed by atoms with Gasteiger partial charge >= 0.3 is 0 Å². The first-order valence-electron chi connectivity index (χ1n) is 9.34. The molecule has 1 N–H and O–H groups in total. The van der Waals surface area contributed by atoms with Gasteiger partial charge in [0.1, 0.15) is 11.4 Å². The van der Waals surface area contributed by atoms with Crippen molar-refractivity contribution in [3.63, 3.8) is 0 Å². The number of hydrogen-bond donors (Lipinski definition) is 1. The highest BCUT2D eigenvalue weighted by Crippen LogP contribution is 2.46. The van der Waals surface area contributed by atoms with Crippen molar-refractivity contribution >= 4 is 5.91 Å². The van der Waals surface area contributed by atoms with Crippen molar-refractivity contribution in [3.8, 4) is 5.75 Å². The molecule has 1 amide bonds. The zero-order chi connectivity index (χ0) is 15.7. The summed E-state index contributed by atoms with van der Waals surface area (Å²) in [5, 5.41) is 3.37. The highest BCUT2D eigenvalue weighted by molar-refractivity contribution is 5.79. The zero-order valence-corrected chi connectivity index (χ0v) is 13.9. The van der Waals surface area contributed by atoms with Crippen LogP contribution in [0.4, 0.5) is 0 Å². The molecule has 2 fully saturated rings. The molecule has 1 aromatic rings. The molecule has 1 aromatic carbocycles. The second-order valence-corrected chi connectivity index (χ2v) is 7.63. The number of hydrogen-bond acceptors (Lipinski definition) is 2. The Kier molecular flexibility index (Phi) is 4.04. The van der Waals surface area contributed by atoms with Gasteiger partial charge in [0.25, 0.3) is 0 Å².